The average molecular weight is 243 g/mol. The van der Waals surface area contributed by atoms with Gasteiger partial charge >= 0.3 is 6.18 Å². The van der Waals surface area contributed by atoms with E-state index < -0.39 is 18.8 Å². The van der Waals surface area contributed by atoms with Crippen LogP contribution in [0.25, 0.3) is 11.0 Å². The van der Waals surface area contributed by atoms with Gasteiger partial charge < -0.3 is 10.3 Å². The molecule has 1 unspecified atom stereocenters. The number of hydrogen-bond acceptors (Lipinski definition) is 2. The number of para-hydroxylation sites is 2. The topological polar surface area (TPSA) is 43.8 Å². The van der Waals surface area contributed by atoms with Crippen molar-refractivity contribution in [3.63, 3.8) is 0 Å². The van der Waals surface area contributed by atoms with Crippen LogP contribution in [0.4, 0.5) is 13.2 Å². The molecule has 0 bridgehead atoms. The number of rotatable bonds is 2. The second-order valence-electron chi connectivity index (χ2n) is 3.81. The molecule has 0 aliphatic heterocycles. The van der Waals surface area contributed by atoms with Crippen LogP contribution < -0.4 is 5.73 Å². The largest absolute Gasteiger partial charge is 0.410 e. The molecule has 1 aromatic heterocycles. The molecule has 0 radical (unpaired) electrons. The van der Waals surface area contributed by atoms with E-state index in [4.69, 9.17) is 5.73 Å². The molecule has 92 valence electrons. The van der Waals surface area contributed by atoms with Crippen LogP contribution in [0.3, 0.4) is 0 Å². The van der Waals surface area contributed by atoms with Crippen molar-refractivity contribution in [1.29, 1.82) is 0 Å². The first-order chi connectivity index (χ1) is 7.95. The van der Waals surface area contributed by atoms with Gasteiger partial charge in [-0.2, -0.15) is 13.2 Å². The summed E-state index contributed by atoms with van der Waals surface area (Å²) in [7, 11) is 0. The smallest absolute Gasteiger partial charge is 0.328 e. The van der Waals surface area contributed by atoms with E-state index in [1.807, 2.05) is 0 Å². The van der Waals surface area contributed by atoms with Gasteiger partial charge in [0.15, 0.2) is 0 Å². The van der Waals surface area contributed by atoms with Crippen LogP contribution in [0.1, 0.15) is 11.9 Å². The highest BCUT2D eigenvalue weighted by Crippen LogP contribution is 2.33. The molecule has 0 aliphatic carbocycles. The van der Waals surface area contributed by atoms with Crippen LogP contribution in [0.2, 0.25) is 0 Å². The van der Waals surface area contributed by atoms with Crippen molar-refractivity contribution in [1.82, 2.24) is 9.55 Å². The summed E-state index contributed by atoms with van der Waals surface area (Å²) < 4.78 is 39.7. The zero-order valence-corrected chi connectivity index (χ0v) is 9.20. The summed E-state index contributed by atoms with van der Waals surface area (Å²) in [5.41, 5.74) is 6.25. The Kier molecular flexibility index (Phi) is 2.82. The lowest BCUT2D eigenvalue weighted by Gasteiger charge is -2.22. The summed E-state index contributed by atoms with van der Waals surface area (Å²) in [5.74, 6) is 0.318. The maximum atomic E-state index is 12.9. The Morgan fingerprint density at radius 1 is 1.35 bits per heavy atom. The highest BCUT2D eigenvalue weighted by molar-refractivity contribution is 5.76. The standard InChI is InChI=1S/C11H12F3N3/c1-7-16-8-4-2-3-5-9(8)17(7)10(6-15)11(12,13)14/h2-5,10H,6,15H2,1H3. The third-order valence-corrected chi connectivity index (χ3v) is 2.68. The van der Waals surface area contributed by atoms with Crippen molar-refractivity contribution < 1.29 is 13.2 Å². The minimum Gasteiger partial charge on any atom is -0.328 e. The van der Waals surface area contributed by atoms with Crippen molar-refractivity contribution >= 4 is 11.0 Å². The normalized spacial score (nSPS) is 14.2. The molecule has 0 fully saturated rings. The molecule has 1 heterocycles. The molecule has 1 atom stereocenters. The third-order valence-electron chi connectivity index (χ3n) is 2.68. The predicted molar refractivity (Wildman–Crippen MR) is 58.6 cm³/mol. The van der Waals surface area contributed by atoms with Gasteiger partial charge in [-0.3, -0.25) is 0 Å². The predicted octanol–water partition coefficient (Wildman–Crippen LogP) is 2.41. The fourth-order valence-corrected chi connectivity index (χ4v) is 1.94. The first-order valence-electron chi connectivity index (χ1n) is 5.15. The van der Waals surface area contributed by atoms with E-state index in [0.717, 1.165) is 4.57 Å². The minimum atomic E-state index is -4.37. The van der Waals surface area contributed by atoms with E-state index >= 15 is 0 Å². The second-order valence-corrected chi connectivity index (χ2v) is 3.81. The van der Waals surface area contributed by atoms with Gasteiger partial charge in [-0.15, -0.1) is 0 Å². The number of nitrogens with zero attached hydrogens (tertiary/aromatic N) is 2. The van der Waals surface area contributed by atoms with Gasteiger partial charge in [0.25, 0.3) is 0 Å². The molecule has 0 spiro atoms. The molecule has 17 heavy (non-hydrogen) atoms. The first-order valence-corrected chi connectivity index (χ1v) is 5.15. The quantitative estimate of drug-likeness (QED) is 0.880. The minimum absolute atomic E-state index is 0.318. The van der Waals surface area contributed by atoms with Crippen molar-refractivity contribution in [2.45, 2.75) is 19.1 Å². The number of alkyl halides is 3. The van der Waals surface area contributed by atoms with Gasteiger partial charge in [0.1, 0.15) is 11.9 Å². The molecule has 0 aliphatic rings. The van der Waals surface area contributed by atoms with Crippen LogP contribution in [-0.4, -0.2) is 22.3 Å². The molecule has 1 aromatic carbocycles. The van der Waals surface area contributed by atoms with Gasteiger partial charge in [0, 0.05) is 6.54 Å². The molecule has 2 aromatic rings. The fourth-order valence-electron chi connectivity index (χ4n) is 1.94. The number of benzene rings is 1. The van der Waals surface area contributed by atoms with Gasteiger partial charge in [-0.05, 0) is 19.1 Å². The highest BCUT2D eigenvalue weighted by atomic mass is 19.4. The highest BCUT2D eigenvalue weighted by Gasteiger charge is 2.41. The van der Waals surface area contributed by atoms with Crippen molar-refractivity contribution in [2.75, 3.05) is 6.54 Å². The Morgan fingerprint density at radius 3 is 2.59 bits per heavy atom. The number of nitrogens with two attached hydrogens (primary N) is 1. The molecule has 0 amide bonds. The van der Waals surface area contributed by atoms with Gasteiger partial charge in [-0.1, -0.05) is 12.1 Å². The number of aromatic nitrogens is 2. The third kappa shape index (κ3) is 2.00. The number of halogens is 3. The lowest BCUT2D eigenvalue weighted by atomic mass is 10.2. The lowest BCUT2D eigenvalue weighted by Crippen LogP contribution is -2.33. The Morgan fingerprint density at radius 2 is 2.00 bits per heavy atom. The second kappa shape index (κ2) is 4.03. The van der Waals surface area contributed by atoms with Crippen LogP contribution in [0, 0.1) is 6.92 Å². The summed E-state index contributed by atoms with van der Waals surface area (Å²) in [6.45, 7) is 1.05. The molecule has 6 heteroatoms. The Hall–Kier alpha value is -1.56. The molecule has 3 nitrogen and oxygen atoms in total. The molecule has 0 saturated carbocycles. The molecular weight excluding hydrogens is 231 g/mol. The number of fused-ring (bicyclic) bond motifs is 1. The van der Waals surface area contributed by atoms with Gasteiger partial charge in [-0.25, -0.2) is 4.98 Å². The average Bonchev–Trinajstić information content (AvgIpc) is 2.55. The number of aryl methyl sites for hydroxylation is 1. The molecular formula is C11H12F3N3. The summed E-state index contributed by atoms with van der Waals surface area (Å²) in [6, 6.07) is 5.00. The zero-order chi connectivity index (χ0) is 12.6. The summed E-state index contributed by atoms with van der Waals surface area (Å²) in [6.07, 6.45) is -4.37. The van der Waals surface area contributed by atoms with Crippen LogP contribution in [-0.2, 0) is 0 Å². The Balaban J connectivity index is 2.65. The van der Waals surface area contributed by atoms with Gasteiger partial charge in [0.05, 0.1) is 11.0 Å². The monoisotopic (exact) mass is 243 g/mol. The maximum Gasteiger partial charge on any atom is 0.410 e. The molecule has 0 saturated heterocycles. The number of hydrogen-bond donors (Lipinski definition) is 1. The van der Waals surface area contributed by atoms with Crippen molar-refractivity contribution in [3.8, 4) is 0 Å². The van der Waals surface area contributed by atoms with Crippen molar-refractivity contribution in [3.05, 3.63) is 30.1 Å². The number of imidazole rings is 1. The first kappa shape index (κ1) is 11.9. The SMILES string of the molecule is Cc1nc2ccccc2n1C(CN)C(F)(F)F. The van der Waals surface area contributed by atoms with Gasteiger partial charge in [0.2, 0.25) is 0 Å². The fraction of sp³-hybridized carbons (Fsp3) is 0.364. The summed E-state index contributed by atoms with van der Waals surface area (Å²) in [5, 5.41) is 0. The van der Waals surface area contributed by atoms with Crippen molar-refractivity contribution in [2.24, 2.45) is 5.73 Å². The Bertz CT molecular complexity index is 530. The Labute approximate surface area is 96.0 Å². The van der Waals surface area contributed by atoms with E-state index in [9.17, 15) is 13.2 Å². The zero-order valence-electron chi connectivity index (χ0n) is 9.20. The van der Waals surface area contributed by atoms with Crippen LogP contribution in [0.5, 0.6) is 0 Å². The van der Waals surface area contributed by atoms with E-state index in [1.165, 1.54) is 0 Å². The molecule has 2 N–H and O–H groups in total. The van der Waals surface area contributed by atoms with Crippen LogP contribution in [0.15, 0.2) is 24.3 Å². The van der Waals surface area contributed by atoms with Crippen LogP contribution >= 0.6 is 0 Å². The summed E-state index contributed by atoms with van der Waals surface area (Å²) >= 11 is 0. The van der Waals surface area contributed by atoms with E-state index in [0.29, 0.717) is 16.9 Å². The maximum absolute atomic E-state index is 12.9. The van der Waals surface area contributed by atoms with E-state index in [-0.39, 0.29) is 0 Å². The molecule has 2 rings (SSSR count). The van der Waals surface area contributed by atoms with E-state index in [1.54, 1.807) is 31.2 Å². The summed E-state index contributed by atoms with van der Waals surface area (Å²) in [4.78, 5) is 4.10. The lowest BCUT2D eigenvalue weighted by molar-refractivity contribution is -0.164. The van der Waals surface area contributed by atoms with E-state index in [2.05, 4.69) is 4.98 Å².